The maximum absolute atomic E-state index is 13.2. The fraction of sp³-hybridized carbons (Fsp3) is 0.261. The van der Waals surface area contributed by atoms with Crippen molar-refractivity contribution in [3.63, 3.8) is 0 Å². The third-order valence-electron chi connectivity index (χ3n) is 5.54. The maximum Gasteiger partial charge on any atom is 0.240 e. The van der Waals surface area contributed by atoms with Gasteiger partial charge >= 0.3 is 0 Å². The standard InChI is InChI=1S/C23H25FN4O2S/c24-20-8-10-22(11-9-20)31(29,30)26-18-23(19-5-4-12-25-17-19)28-15-13-27(14-16-28)21-6-2-1-3-7-21/h1-12,17,23,26H,13-16,18H2/t23-/m0/s1. The first kappa shape index (κ1) is 21.4. The van der Waals surface area contributed by atoms with Crippen molar-refractivity contribution < 1.29 is 12.8 Å². The number of nitrogens with zero attached hydrogens (tertiary/aromatic N) is 3. The number of anilines is 1. The lowest BCUT2D eigenvalue weighted by Crippen LogP contribution is -2.49. The van der Waals surface area contributed by atoms with Crippen molar-refractivity contribution in [2.45, 2.75) is 10.9 Å². The molecule has 2 aromatic carbocycles. The number of rotatable bonds is 7. The molecule has 1 aromatic heterocycles. The van der Waals surface area contributed by atoms with E-state index in [-0.39, 0.29) is 17.5 Å². The minimum absolute atomic E-state index is 0.0488. The molecule has 1 atom stereocenters. The van der Waals surface area contributed by atoms with Crippen LogP contribution in [0.15, 0.2) is 84.0 Å². The van der Waals surface area contributed by atoms with Crippen LogP contribution in [0.1, 0.15) is 11.6 Å². The van der Waals surface area contributed by atoms with Gasteiger partial charge in [0.05, 0.1) is 10.9 Å². The number of piperazine rings is 1. The normalized spacial score (nSPS) is 16.2. The highest BCUT2D eigenvalue weighted by atomic mass is 32.2. The average Bonchev–Trinajstić information content (AvgIpc) is 2.81. The first-order chi connectivity index (χ1) is 15.0. The Kier molecular flexibility index (Phi) is 6.60. The summed E-state index contributed by atoms with van der Waals surface area (Å²) in [6, 6.07) is 18.8. The van der Waals surface area contributed by atoms with Gasteiger partial charge < -0.3 is 4.90 Å². The van der Waals surface area contributed by atoms with Gasteiger partial charge in [-0.3, -0.25) is 9.88 Å². The monoisotopic (exact) mass is 440 g/mol. The molecule has 1 aliphatic rings. The number of para-hydroxylation sites is 1. The van der Waals surface area contributed by atoms with E-state index in [1.165, 1.54) is 17.8 Å². The second-order valence-corrected chi connectivity index (χ2v) is 9.23. The van der Waals surface area contributed by atoms with Gasteiger partial charge in [-0.15, -0.1) is 0 Å². The predicted molar refractivity (Wildman–Crippen MR) is 119 cm³/mol. The van der Waals surface area contributed by atoms with Crippen LogP contribution in [0.3, 0.4) is 0 Å². The van der Waals surface area contributed by atoms with Gasteiger partial charge in [0.15, 0.2) is 0 Å². The Labute approximate surface area is 182 Å². The van der Waals surface area contributed by atoms with Gasteiger partial charge in [0.1, 0.15) is 5.82 Å². The summed E-state index contributed by atoms with van der Waals surface area (Å²) in [5.74, 6) is -0.469. The molecule has 0 bridgehead atoms. The fourth-order valence-corrected chi connectivity index (χ4v) is 4.89. The molecule has 1 saturated heterocycles. The van der Waals surface area contributed by atoms with E-state index >= 15 is 0 Å². The van der Waals surface area contributed by atoms with Gasteiger partial charge in [0.2, 0.25) is 10.0 Å². The lowest BCUT2D eigenvalue weighted by Gasteiger charge is -2.40. The van der Waals surface area contributed by atoms with E-state index in [0.29, 0.717) is 0 Å². The Morgan fingerprint density at radius 3 is 2.29 bits per heavy atom. The highest BCUT2D eigenvalue weighted by Gasteiger charge is 2.27. The van der Waals surface area contributed by atoms with Crippen LogP contribution in [-0.2, 0) is 10.0 Å². The van der Waals surface area contributed by atoms with Crippen molar-refractivity contribution in [1.82, 2.24) is 14.6 Å². The van der Waals surface area contributed by atoms with Crippen LogP contribution in [0.5, 0.6) is 0 Å². The number of nitrogens with one attached hydrogen (secondary N) is 1. The average molecular weight is 441 g/mol. The van der Waals surface area contributed by atoms with Crippen molar-refractivity contribution in [3.8, 4) is 0 Å². The van der Waals surface area contributed by atoms with Crippen LogP contribution in [0.2, 0.25) is 0 Å². The number of hydrogen-bond donors (Lipinski definition) is 1. The lowest BCUT2D eigenvalue weighted by molar-refractivity contribution is 0.186. The molecule has 2 heterocycles. The molecule has 0 saturated carbocycles. The van der Waals surface area contributed by atoms with Crippen LogP contribution >= 0.6 is 0 Å². The van der Waals surface area contributed by atoms with Crippen molar-refractivity contribution >= 4 is 15.7 Å². The first-order valence-electron chi connectivity index (χ1n) is 10.2. The van der Waals surface area contributed by atoms with Crippen molar-refractivity contribution in [1.29, 1.82) is 0 Å². The summed E-state index contributed by atoms with van der Waals surface area (Å²) in [6.45, 7) is 3.51. The van der Waals surface area contributed by atoms with Gasteiger partial charge in [-0.25, -0.2) is 17.5 Å². The molecule has 1 fully saturated rings. The highest BCUT2D eigenvalue weighted by Crippen LogP contribution is 2.24. The van der Waals surface area contributed by atoms with Crippen LogP contribution in [0, 0.1) is 5.82 Å². The molecule has 0 spiro atoms. The minimum atomic E-state index is -3.75. The Bertz CT molecular complexity index is 1070. The Hall–Kier alpha value is -2.81. The lowest BCUT2D eigenvalue weighted by atomic mass is 10.1. The van der Waals surface area contributed by atoms with Crippen LogP contribution in [-0.4, -0.2) is 51.0 Å². The summed E-state index contributed by atoms with van der Waals surface area (Å²) < 4.78 is 41.3. The van der Waals surface area contributed by atoms with Crippen molar-refractivity contribution in [2.24, 2.45) is 0 Å². The fourth-order valence-electron chi connectivity index (χ4n) is 3.85. The molecule has 6 nitrogen and oxygen atoms in total. The van der Waals surface area contributed by atoms with Gasteiger partial charge in [-0.05, 0) is 48.0 Å². The molecule has 0 radical (unpaired) electrons. The van der Waals surface area contributed by atoms with Crippen LogP contribution in [0.4, 0.5) is 10.1 Å². The molecular weight excluding hydrogens is 415 g/mol. The Balaban J connectivity index is 1.47. The first-order valence-corrected chi connectivity index (χ1v) is 11.7. The Morgan fingerprint density at radius 1 is 0.935 bits per heavy atom. The number of pyridine rings is 1. The van der Waals surface area contributed by atoms with Gasteiger partial charge in [0.25, 0.3) is 0 Å². The highest BCUT2D eigenvalue weighted by molar-refractivity contribution is 7.89. The van der Waals surface area contributed by atoms with E-state index in [2.05, 4.69) is 31.6 Å². The summed E-state index contributed by atoms with van der Waals surface area (Å²) in [5.41, 5.74) is 2.15. The molecule has 8 heteroatoms. The molecule has 31 heavy (non-hydrogen) atoms. The number of halogens is 1. The van der Waals surface area contributed by atoms with Gasteiger partial charge in [-0.2, -0.15) is 0 Å². The molecule has 1 N–H and O–H groups in total. The third kappa shape index (κ3) is 5.28. The second kappa shape index (κ2) is 9.55. The number of hydrogen-bond acceptors (Lipinski definition) is 5. The third-order valence-corrected chi connectivity index (χ3v) is 6.98. The van der Waals surface area contributed by atoms with Gasteiger partial charge in [-0.1, -0.05) is 24.3 Å². The smallest absolute Gasteiger partial charge is 0.240 e. The number of aromatic nitrogens is 1. The zero-order valence-corrected chi connectivity index (χ0v) is 17.9. The second-order valence-electron chi connectivity index (χ2n) is 7.47. The summed E-state index contributed by atoms with van der Waals surface area (Å²) in [5, 5.41) is 0. The molecule has 0 aliphatic carbocycles. The SMILES string of the molecule is O=S(=O)(NC[C@@H](c1cccnc1)N1CCN(c2ccccc2)CC1)c1ccc(F)cc1. The van der Waals surface area contributed by atoms with E-state index in [0.717, 1.165) is 43.9 Å². The van der Waals surface area contributed by atoms with E-state index < -0.39 is 15.8 Å². The molecule has 162 valence electrons. The molecular formula is C23H25FN4O2S. The largest absolute Gasteiger partial charge is 0.369 e. The number of benzene rings is 2. The Morgan fingerprint density at radius 2 is 1.65 bits per heavy atom. The predicted octanol–water partition coefficient (Wildman–Crippen LogP) is 3.06. The van der Waals surface area contributed by atoms with Crippen molar-refractivity contribution in [2.75, 3.05) is 37.6 Å². The molecule has 0 amide bonds. The van der Waals surface area contributed by atoms with E-state index in [1.54, 1.807) is 12.4 Å². The zero-order valence-electron chi connectivity index (χ0n) is 17.1. The minimum Gasteiger partial charge on any atom is -0.369 e. The van der Waals surface area contributed by atoms with Gasteiger partial charge in [0, 0.05) is 50.8 Å². The van der Waals surface area contributed by atoms with Crippen LogP contribution in [0.25, 0.3) is 0 Å². The van der Waals surface area contributed by atoms with E-state index in [4.69, 9.17) is 0 Å². The summed E-state index contributed by atoms with van der Waals surface area (Å²) in [7, 11) is -3.75. The van der Waals surface area contributed by atoms with Crippen LogP contribution < -0.4 is 9.62 Å². The summed E-state index contributed by atoms with van der Waals surface area (Å²) >= 11 is 0. The molecule has 4 rings (SSSR count). The number of sulfonamides is 1. The zero-order chi connectivity index (χ0) is 21.7. The summed E-state index contributed by atoms with van der Waals surface area (Å²) in [4.78, 5) is 8.88. The van der Waals surface area contributed by atoms with Crippen molar-refractivity contribution in [3.05, 3.63) is 90.5 Å². The topological polar surface area (TPSA) is 65.5 Å². The molecule has 1 aliphatic heterocycles. The molecule has 0 unspecified atom stereocenters. The quantitative estimate of drug-likeness (QED) is 0.612. The van der Waals surface area contributed by atoms with E-state index in [9.17, 15) is 12.8 Å². The van der Waals surface area contributed by atoms with E-state index in [1.807, 2.05) is 30.3 Å². The maximum atomic E-state index is 13.2. The molecule has 3 aromatic rings. The summed E-state index contributed by atoms with van der Waals surface area (Å²) in [6.07, 6.45) is 3.48.